The Labute approximate surface area is 165 Å². The van der Waals surface area contributed by atoms with Crippen molar-refractivity contribution in [2.45, 2.75) is 17.8 Å². The van der Waals surface area contributed by atoms with Crippen molar-refractivity contribution < 1.29 is 19.5 Å². The molecule has 0 aromatic carbocycles. The molecule has 4 heterocycles. The van der Waals surface area contributed by atoms with Crippen LogP contribution in [-0.2, 0) is 20.8 Å². The van der Waals surface area contributed by atoms with Gasteiger partial charge in [0.15, 0.2) is 0 Å². The minimum absolute atomic E-state index is 0.122. The average Bonchev–Trinajstić information content (AvgIpc) is 3.29. The zero-order valence-corrected chi connectivity index (χ0v) is 16.1. The first kappa shape index (κ1) is 17.9. The number of aliphatic carboxylic acids is 1. The van der Waals surface area contributed by atoms with Crippen molar-refractivity contribution in [2.75, 3.05) is 11.5 Å². The summed E-state index contributed by atoms with van der Waals surface area (Å²) in [5.74, 6) is -1.60. The van der Waals surface area contributed by atoms with Gasteiger partial charge in [0.25, 0.3) is 5.91 Å². The number of carboxylic acid groups (broad SMARTS) is 1. The summed E-state index contributed by atoms with van der Waals surface area (Å²) < 4.78 is 0. The van der Waals surface area contributed by atoms with Crippen LogP contribution in [0.2, 0.25) is 0 Å². The monoisotopic (exact) mass is 423 g/mol. The number of carboxylic acids is 1. The molecule has 140 valence electrons. The number of hydrogen-bond donors (Lipinski definition) is 3. The van der Waals surface area contributed by atoms with Gasteiger partial charge in [0.05, 0.1) is 6.42 Å². The first-order chi connectivity index (χ1) is 13.0. The Kier molecular flexibility index (Phi) is 4.61. The van der Waals surface area contributed by atoms with Gasteiger partial charge in [-0.15, -0.1) is 33.3 Å². The Morgan fingerprint density at radius 3 is 2.85 bits per heavy atom. The maximum absolute atomic E-state index is 12.6. The molecule has 2 atom stereocenters. The smallest absolute Gasteiger partial charge is 0.353 e. The number of aromatic nitrogens is 2. The van der Waals surface area contributed by atoms with Crippen molar-refractivity contribution in [1.29, 1.82) is 0 Å². The van der Waals surface area contributed by atoms with E-state index in [1.165, 1.54) is 28.0 Å². The molecule has 0 aliphatic carbocycles. The van der Waals surface area contributed by atoms with Crippen molar-refractivity contribution in [3.05, 3.63) is 33.1 Å². The normalized spacial score (nSPS) is 21.6. The van der Waals surface area contributed by atoms with Gasteiger partial charge in [-0.05, 0) is 11.4 Å². The number of thioether (sulfide) groups is 1. The molecule has 1 fully saturated rings. The molecule has 4 rings (SSSR count). The van der Waals surface area contributed by atoms with Gasteiger partial charge in [-0.3, -0.25) is 14.5 Å². The lowest BCUT2D eigenvalue weighted by Crippen LogP contribution is -2.70. The van der Waals surface area contributed by atoms with Crippen LogP contribution >= 0.6 is 34.4 Å². The quantitative estimate of drug-likeness (QED) is 0.595. The number of amides is 2. The highest BCUT2D eigenvalue weighted by atomic mass is 32.2. The van der Waals surface area contributed by atoms with Crippen LogP contribution in [-0.4, -0.2) is 55.2 Å². The fourth-order valence-electron chi connectivity index (χ4n) is 2.94. The summed E-state index contributed by atoms with van der Waals surface area (Å²) in [5.41, 5.74) is 5.87. The van der Waals surface area contributed by atoms with E-state index in [-0.39, 0.29) is 23.2 Å². The summed E-state index contributed by atoms with van der Waals surface area (Å²) >= 11 is 3.91. The molecular formula is C15H13N5O4S3. The van der Waals surface area contributed by atoms with E-state index in [1.54, 1.807) is 0 Å². The summed E-state index contributed by atoms with van der Waals surface area (Å²) in [7, 11) is 0. The van der Waals surface area contributed by atoms with Crippen LogP contribution in [0.1, 0.15) is 9.88 Å². The Bertz CT molecular complexity index is 955. The molecule has 1 saturated heterocycles. The SMILES string of the molecule is Nc1nnc(C2=C(C(=O)O)N3C(=O)C(NC(=O)Cc4cccs4)[C@H]3SC2)s1. The number of fused-ring (bicyclic) bond motifs is 1. The third-order valence-electron chi connectivity index (χ3n) is 4.10. The van der Waals surface area contributed by atoms with Crippen LogP contribution < -0.4 is 11.1 Å². The second-order valence-electron chi connectivity index (χ2n) is 5.79. The summed E-state index contributed by atoms with van der Waals surface area (Å²) in [6.45, 7) is 0. The van der Waals surface area contributed by atoms with Crippen molar-refractivity contribution >= 4 is 62.9 Å². The molecule has 2 aliphatic rings. The Morgan fingerprint density at radius 2 is 2.22 bits per heavy atom. The summed E-state index contributed by atoms with van der Waals surface area (Å²) in [6.07, 6.45) is 0.190. The second kappa shape index (κ2) is 6.94. The largest absolute Gasteiger partial charge is 0.477 e. The van der Waals surface area contributed by atoms with Gasteiger partial charge in [-0.2, -0.15) is 0 Å². The lowest BCUT2D eigenvalue weighted by atomic mass is 10.0. The van der Waals surface area contributed by atoms with Gasteiger partial charge in [0.2, 0.25) is 11.0 Å². The molecule has 2 aromatic heterocycles. The maximum Gasteiger partial charge on any atom is 0.353 e. The number of nitrogens with zero attached hydrogens (tertiary/aromatic N) is 3. The summed E-state index contributed by atoms with van der Waals surface area (Å²) in [5, 5.41) is 22.0. The minimum atomic E-state index is -1.22. The highest BCUT2D eigenvalue weighted by Crippen LogP contribution is 2.43. The van der Waals surface area contributed by atoms with E-state index in [2.05, 4.69) is 15.5 Å². The lowest BCUT2D eigenvalue weighted by Gasteiger charge is -2.49. The number of carbonyl (C=O) groups excluding carboxylic acids is 2. The molecule has 12 heteroatoms. The number of nitrogen functional groups attached to an aromatic ring is 1. The third kappa shape index (κ3) is 3.19. The van der Waals surface area contributed by atoms with Crippen molar-refractivity contribution in [3.8, 4) is 0 Å². The minimum Gasteiger partial charge on any atom is -0.477 e. The van der Waals surface area contributed by atoms with Crippen LogP contribution in [0.5, 0.6) is 0 Å². The second-order valence-corrected chi connectivity index (χ2v) is 8.94. The predicted molar refractivity (Wildman–Crippen MR) is 102 cm³/mol. The maximum atomic E-state index is 12.6. The van der Waals surface area contributed by atoms with E-state index in [4.69, 9.17) is 5.73 Å². The fourth-order valence-corrected chi connectivity index (χ4v) is 5.73. The predicted octanol–water partition coefficient (Wildman–Crippen LogP) is 0.620. The van der Waals surface area contributed by atoms with E-state index in [0.717, 1.165) is 16.2 Å². The Hall–Kier alpha value is -2.44. The van der Waals surface area contributed by atoms with Gasteiger partial charge in [0, 0.05) is 16.2 Å². The molecule has 0 spiro atoms. The van der Waals surface area contributed by atoms with Crippen LogP contribution in [0.25, 0.3) is 5.57 Å². The molecular weight excluding hydrogens is 410 g/mol. The van der Waals surface area contributed by atoms with Gasteiger partial charge in [-0.1, -0.05) is 17.4 Å². The molecule has 9 nitrogen and oxygen atoms in total. The number of hydrogen-bond acceptors (Lipinski definition) is 9. The van der Waals surface area contributed by atoms with E-state index in [9.17, 15) is 19.5 Å². The van der Waals surface area contributed by atoms with E-state index < -0.39 is 23.3 Å². The lowest BCUT2D eigenvalue weighted by molar-refractivity contribution is -0.150. The van der Waals surface area contributed by atoms with Gasteiger partial charge in [-0.25, -0.2) is 4.79 Å². The van der Waals surface area contributed by atoms with E-state index in [0.29, 0.717) is 16.3 Å². The van der Waals surface area contributed by atoms with Crippen molar-refractivity contribution in [1.82, 2.24) is 20.4 Å². The zero-order chi connectivity index (χ0) is 19.1. The average molecular weight is 424 g/mol. The number of thiophene rings is 1. The first-order valence-corrected chi connectivity index (χ1v) is 10.5. The summed E-state index contributed by atoms with van der Waals surface area (Å²) in [4.78, 5) is 38.7. The Morgan fingerprint density at radius 1 is 1.41 bits per heavy atom. The highest BCUT2D eigenvalue weighted by molar-refractivity contribution is 8.00. The number of nitrogens with two attached hydrogens (primary N) is 1. The van der Waals surface area contributed by atoms with Crippen molar-refractivity contribution in [3.63, 3.8) is 0 Å². The van der Waals surface area contributed by atoms with E-state index >= 15 is 0 Å². The highest BCUT2D eigenvalue weighted by Gasteiger charge is 2.54. The molecule has 1 unspecified atom stereocenters. The molecule has 0 bridgehead atoms. The molecule has 4 N–H and O–H groups in total. The topological polar surface area (TPSA) is 139 Å². The van der Waals surface area contributed by atoms with Crippen LogP contribution in [0.15, 0.2) is 23.2 Å². The zero-order valence-electron chi connectivity index (χ0n) is 13.6. The number of anilines is 1. The van der Waals surface area contributed by atoms with Gasteiger partial charge < -0.3 is 16.2 Å². The molecule has 2 aliphatic heterocycles. The van der Waals surface area contributed by atoms with Gasteiger partial charge in [0.1, 0.15) is 22.1 Å². The fraction of sp³-hybridized carbons (Fsp3) is 0.267. The molecule has 27 heavy (non-hydrogen) atoms. The molecule has 2 amide bonds. The number of nitrogens with one attached hydrogen (secondary N) is 1. The van der Waals surface area contributed by atoms with Crippen LogP contribution in [0, 0.1) is 0 Å². The molecule has 0 saturated carbocycles. The third-order valence-corrected chi connectivity index (χ3v) is 7.07. The summed E-state index contributed by atoms with van der Waals surface area (Å²) in [6, 6.07) is 2.96. The van der Waals surface area contributed by atoms with Crippen LogP contribution in [0.4, 0.5) is 5.13 Å². The number of carbonyl (C=O) groups is 3. The van der Waals surface area contributed by atoms with Gasteiger partial charge >= 0.3 is 5.97 Å². The number of β-lactam (4-membered cyclic amide) rings is 1. The van der Waals surface area contributed by atoms with Crippen LogP contribution in [0.3, 0.4) is 0 Å². The molecule has 2 aromatic rings. The molecule has 0 radical (unpaired) electrons. The van der Waals surface area contributed by atoms with Crippen molar-refractivity contribution in [2.24, 2.45) is 0 Å². The standard InChI is InChI=1S/C15H13N5O4S3/c16-15-19-18-11(27-15)7-5-26-13-9(12(22)20(13)10(7)14(23)24)17-8(21)4-6-2-1-3-25-6/h1-3,9,13H,4-5H2,(H2,16,19)(H,17,21)(H,23,24)/t9?,13-/m1/s1. The first-order valence-electron chi connectivity index (χ1n) is 7.78. The number of rotatable bonds is 5. The Balaban J connectivity index is 1.54. The van der Waals surface area contributed by atoms with E-state index in [1.807, 2.05) is 17.5 Å².